The molecule has 1 aromatic heterocycles. The number of ether oxygens (including phenoxy) is 1. The molecule has 172 valence electrons. The summed E-state index contributed by atoms with van der Waals surface area (Å²) >= 11 is 0. The van der Waals surface area contributed by atoms with Crippen molar-refractivity contribution in [2.75, 3.05) is 67.6 Å². The lowest BCUT2D eigenvalue weighted by atomic mass is 10.3. The lowest BCUT2D eigenvalue weighted by Gasteiger charge is -2.35. The highest BCUT2D eigenvalue weighted by atomic mass is 32.2. The van der Waals surface area contributed by atoms with Gasteiger partial charge in [0.2, 0.25) is 15.9 Å². The second-order valence-corrected chi connectivity index (χ2v) is 9.77. The van der Waals surface area contributed by atoms with E-state index in [4.69, 9.17) is 4.74 Å². The molecule has 1 N–H and O–H groups in total. The zero-order valence-corrected chi connectivity index (χ0v) is 19.1. The first-order valence-electron chi connectivity index (χ1n) is 10.6. The number of hydrogen-bond donors (Lipinski definition) is 1. The van der Waals surface area contributed by atoms with Crippen molar-refractivity contribution in [3.05, 3.63) is 36.2 Å². The molecular weight excluding hydrogens is 432 g/mol. The van der Waals surface area contributed by atoms with Crippen LogP contribution in [0.3, 0.4) is 0 Å². The number of aryl methyl sites for hydroxylation is 1. The van der Waals surface area contributed by atoms with Crippen molar-refractivity contribution in [1.29, 1.82) is 0 Å². The number of amides is 1. The summed E-state index contributed by atoms with van der Waals surface area (Å²) in [6, 6.07) is 8.22. The van der Waals surface area contributed by atoms with E-state index in [1.807, 2.05) is 13.0 Å². The van der Waals surface area contributed by atoms with Gasteiger partial charge in [0.05, 0.1) is 18.1 Å². The summed E-state index contributed by atoms with van der Waals surface area (Å²) in [6.07, 6.45) is 0. The SMILES string of the molecule is CC(=O)Nc1ccc(S(=O)(=O)N2CCN(c3cc(N4CCOCC4)nc(C)n3)CC2)cc1. The van der Waals surface area contributed by atoms with Crippen molar-refractivity contribution in [3.8, 4) is 0 Å². The molecule has 2 aromatic rings. The van der Waals surface area contributed by atoms with Crippen molar-refractivity contribution < 1.29 is 17.9 Å². The maximum Gasteiger partial charge on any atom is 0.243 e. The van der Waals surface area contributed by atoms with E-state index in [2.05, 4.69) is 25.1 Å². The fourth-order valence-corrected chi connectivity index (χ4v) is 5.30. The fourth-order valence-electron chi connectivity index (χ4n) is 3.87. The monoisotopic (exact) mass is 460 g/mol. The summed E-state index contributed by atoms with van der Waals surface area (Å²) in [5.74, 6) is 2.19. The lowest BCUT2D eigenvalue weighted by molar-refractivity contribution is -0.114. The number of piperazine rings is 1. The topological polar surface area (TPSA) is 108 Å². The molecule has 0 saturated carbocycles. The number of carbonyl (C=O) groups is 1. The second-order valence-electron chi connectivity index (χ2n) is 7.83. The Balaban J connectivity index is 1.43. The smallest absolute Gasteiger partial charge is 0.243 e. The number of anilines is 3. The maximum absolute atomic E-state index is 13.1. The van der Waals surface area contributed by atoms with E-state index in [-0.39, 0.29) is 10.8 Å². The van der Waals surface area contributed by atoms with E-state index >= 15 is 0 Å². The summed E-state index contributed by atoms with van der Waals surface area (Å²) in [5.41, 5.74) is 0.566. The van der Waals surface area contributed by atoms with Crippen molar-refractivity contribution in [2.24, 2.45) is 0 Å². The summed E-state index contributed by atoms with van der Waals surface area (Å²) < 4.78 is 33.0. The number of sulfonamides is 1. The van der Waals surface area contributed by atoms with Gasteiger partial charge in [-0.05, 0) is 31.2 Å². The standard InChI is InChI=1S/C21H28N6O4S/c1-16-22-20(15-21(23-16)26-11-13-31-14-12-26)25-7-9-27(10-8-25)32(29,30)19-5-3-18(4-6-19)24-17(2)28/h3-6,15H,7-14H2,1-2H3,(H,24,28). The summed E-state index contributed by atoms with van der Waals surface area (Å²) in [5, 5.41) is 2.64. The Labute approximate surface area is 188 Å². The zero-order chi connectivity index (χ0) is 22.7. The number of morpholine rings is 1. The van der Waals surface area contributed by atoms with Gasteiger partial charge in [0.25, 0.3) is 0 Å². The molecule has 1 amide bonds. The molecule has 0 radical (unpaired) electrons. The van der Waals surface area contributed by atoms with Gasteiger partial charge in [-0.1, -0.05) is 0 Å². The molecule has 4 rings (SSSR count). The summed E-state index contributed by atoms with van der Waals surface area (Å²) in [7, 11) is -3.61. The molecule has 2 aliphatic heterocycles. The van der Waals surface area contributed by atoms with Gasteiger partial charge in [-0.15, -0.1) is 0 Å². The van der Waals surface area contributed by atoms with E-state index < -0.39 is 10.0 Å². The minimum Gasteiger partial charge on any atom is -0.378 e. The molecule has 0 aliphatic carbocycles. The highest BCUT2D eigenvalue weighted by Crippen LogP contribution is 2.24. The van der Waals surface area contributed by atoms with Crippen molar-refractivity contribution in [2.45, 2.75) is 18.7 Å². The quantitative estimate of drug-likeness (QED) is 0.707. The molecule has 0 atom stereocenters. The number of hydrogen-bond acceptors (Lipinski definition) is 8. The normalized spacial score (nSPS) is 17.9. The first kappa shape index (κ1) is 22.4. The third-order valence-electron chi connectivity index (χ3n) is 5.52. The number of benzene rings is 1. The zero-order valence-electron chi connectivity index (χ0n) is 18.3. The Hall–Kier alpha value is -2.76. The molecule has 3 heterocycles. The molecule has 0 spiro atoms. The van der Waals surface area contributed by atoms with Crippen LogP contribution in [0.15, 0.2) is 35.2 Å². The minimum atomic E-state index is -3.61. The number of aromatic nitrogens is 2. The fraction of sp³-hybridized carbons (Fsp3) is 0.476. The second kappa shape index (κ2) is 9.39. The number of carbonyl (C=O) groups excluding carboxylic acids is 1. The highest BCUT2D eigenvalue weighted by molar-refractivity contribution is 7.89. The highest BCUT2D eigenvalue weighted by Gasteiger charge is 2.29. The molecule has 2 saturated heterocycles. The van der Waals surface area contributed by atoms with Crippen LogP contribution in [0, 0.1) is 6.92 Å². The molecule has 0 bridgehead atoms. The number of rotatable bonds is 5. The lowest BCUT2D eigenvalue weighted by Crippen LogP contribution is -2.49. The van der Waals surface area contributed by atoms with Gasteiger partial charge < -0.3 is 19.9 Å². The Bertz CT molecular complexity index is 1060. The molecule has 0 unspecified atom stereocenters. The third kappa shape index (κ3) is 5.00. The van der Waals surface area contributed by atoms with Gasteiger partial charge in [0, 0.05) is 57.9 Å². The average Bonchev–Trinajstić information content (AvgIpc) is 2.79. The van der Waals surface area contributed by atoms with Crippen LogP contribution in [0.25, 0.3) is 0 Å². The van der Waals surface area contributed by atoms with Crippen molar-refractivity contribution in [1.82, 2.24) is 14.3 Å². The molecule has 2 fully saturated rings. The molecule has 10 nitrogen and oxygen atoms in total. The van der Waals surface area contributed by atoms with Crippen LogP contribution in [0.1, 0.15) is 12.7 Å². The van der Waals surface area contributed by atoms with Gasteiger partial charge in [0.1, 0.15) is 17.5 Å². The molecule has 32 heavy (non-hydrogen) atoms. The van der Waals surface area contributed by atoms with Gasteiger partial charge in [-0.3, -0.25) is 4.79 Å². The number of nitrogens with zero attached hydrogens (tertiary/aromatic N) is 5. The predicted molar refractivity (Wildman–Crippen MR) is 122 cm³/mol. The van der Waals surface area contributed by atoms with Gasteiger partial charge in [0.15, 0.2) is 0 Å². The van der Waals surface area contributed by atoms with Crippen LogP contribution in [0.5, 0.6) is 0 Å². The van der Waals surface area contributed by atoms with Crippen molar-refractivity contribution >= 4 is 33.3 Å². The summed E-state index contributed by atoms with van der Waals surface area (Å²) in [6.45, 7) is 8.06. The average molecular weight is 461 g/mol. The molecular formula is C21H28N6O4S. The molecule has 11 heteroatoms. The van der Waals surface area contributed by atoms with E-state index in [9.17, 15) is 13.2 Å². The van der Waals surface area contributed by atoms with Crippen LogP contribution in [0.2, 0.25) is 0 Å². The summed E-state index contributed by atoms with van der Waals surface area (Å²) in [4.78, 5) is 24.8. The Kier molecular flexibility index (Phi) is 6.58. The first-order chi connectivity index (χ1) is 15.3. The largest absolute Gasteiger partial charge is 0.378 e. The Morgan fingerprint density at radius 1 is 0.938 bits per heavy atom. The predicted octanol–water partition coefficient (Wildman–Crippen LogP) is 1.09. The van der Waals surface area contributed by atoms with E-state index in [0.717, 1.165) is 24.7 Å². The van der Waals surface area contributed by atoms with Crippen LogP contribution in [-0.2, 0) is 19.6 Å². The van der Waals surface area contributed by atoms with E-state index in [1.54, 1.807) is 12.1 Å². The van der Waals surface area contributed by atoms with Crippen LogP contribution in [-0.4, -0.2) is 81.1 Å². The van der Waals surface area contributed by atoms with Crippen LogP contribution < -0.4 is 15.1 Å². The first-order valence-corrected chi connectivity index (χ1v) is 12.1. The third-order valence-corrected chi connectivity index (χ3v) is 7.43. The Morgan fingerprint density at radius 2 is 1.50 bits per heavy atom. The van der Waals surface area contributed by atoms with Gasteiger partial charge in [-0.25, -0.2) is 18.4 Å². The minimum absolute atomic E-state index is 0.200. The molecule has 2 aliphatic rings. The van der Waals surface area contributed by atoms with E-state index in [0.29, 0.717) is 50.9 Å². The van der Waals surface area contributed by atoms with Crippen LogP contribution >= 0.6 is 0 Å². The molecule has 1 aromatic carbocycles. The number of nitrogens with one attached hydrogen (secondary N) is 1. The van der Waals surface area contributed by atoms with E-state index in [1.165, 1.54) is 23.4 Å². The Morgan fingerprint density at radius 3 is 2.06 bits per heavy atom. The van der Waals surface area contributed by atoms with Crippen LogP contribution in [0.4, 0.5) is 17.3 Å². The van der Waals surface area contributed by atoms with Crippen molar-refractivity contribution in [3.63, 3.8) is 0 Å². The van der Waals surface area contributed by atoms with Gasteiger partial charge in [-0.2, -0.15) is 4.31 Å². The maximum atomic E-state index is 13.1. The van der Waals surface area contributed by atoms with Gasteiger partial charge >= 0.3 is 0 Å².